The molecule has 0 saturated carbocycles. The van der Waals surface area contributed by atoms with Gasteiger partial charge < -0.3 is 24.4 Å². The van der Waals surface area contributed by atoms with Crippen LogP contribution >= 0.6 is 12.6 Å². The number of carbonyl (C=O) groups excluding carboxylic acids is 1. The Balaban J connectivity index is -0.00000000533. The first-order chi connectivity index (χ1) is 2.27. The minimum Gasteiger partial charge on any atom is -1.00 e. The van der Waals surface area contributed by atoms with Crippen molar-refractivity contribution in [3.8, 4) is 0 Å². The predicted molar refractivity (Wildman–Crippen MR) is 39.9 cm³/mol. The van der Waals surface area contributed by atoms with Crippen LogP contribution in [0.5, 0.6) is 0 Å². The summed E-state index contributed by atoms with van der Waals surface area (Å²) in [5.74, 6) is 0. The standard InChI is InChI=1S/C2H4O2S.Ca.3H2O.2H/c3-1-2(4)5;;;;;;/h3H,1H2,(H,4,5);;3*1H2;;/q;+2;;;;2*-1. The summed E-state index contributed by atoms with van der Waals surface area (Å²) in [7, 11) is 0. The number of thiol groups is 1. The smallest absolute Gasteiger partial charge is 1.00 e. The van der Waals surface area contributed by atoms with Crippen molar-refractivity contribution in [2.24, 2.45) is 0 Å². The van der Waals surface area contributed by atoms with Gasteiger partial charge in [-0.1, -0.05) is 0 Å². The van der Waals surface area contributed by atoms with Crippen LogP contribution in [-0.4, -0.2) is 71.0 Å². The van der Waals surface area contributed by atoms with E-state index in [1.807, 2.05) is 0 Å². The van der Waals surface area contributed by atoms with Crippen molar-refractivity contribution in [1.82, 2.24) is 0 Å². The van der Waals surface area contributed by atoms with Crippen molar-refractivity contribution in [3.63, 3.8) is 0 Å². The molecule has 5 nitrogen and oxygen atoms in total. The van der Waals surface area contributed by atoms with Gasteiger partial charge in [0, 0.05) is 0 Å². The molecule has 0 saturated heterocycles. The Morgan fingerprint density at radius 3 is 1.56 bits per heavy atom. The molecular weight excluding hydrogens is 176 g/mol. The van der Waals surface area contributed by atoms with Crippen molar-refractivity contribution in [3.05, 3.63) is 0 Å². The van der Waals surface area contributed by atoms with Crippen molar-refractivity contribution in [1.29, 1.82) is 0 Å². The average Bonchev–Trinajstić information content (AvgIpc) is 1.38. The fraction of sp³-hybridized carbons (Fsp3) is 0.500. The van der Waals surface area contributed by atoms with E-state index in [4.69, 9.17) is 5.11 Å². The number of aliphatic hydroxyl groups is 1. The van der Waals surface area contributed by atoms with E-state index in [2.05, 4.69) is 12.6 Å². The van der Waals surface area contributed by atoms with Gasteiger partial charge in [0.1, 0.15) is 6.61 Å². The van der Waals surface area contributed by atoms with Gasteiger partial charge in [-0.15, -0.1) is 12.6 Å². The van der Waals surface area contributed by atoms with Crippen molar-refractivity contribution >= 4 is 55.5 Å². The van der Waals surface area contributed by atoms with Gasteiger partial charge in [-0.3, -0.25) is 4.79 Å². The summed E-state index contributed by atoms with van der Waals surface area (Å²) >= 11 is 3.21. The fourth-order valence-electron chi connectivity index (χ4n) is 0. The number of carbonyl (C=O) groups is 1. The maximum absolute atomic E-state index is 9.43. The molecule has 0 aliphatic carbocycles. The first-order valence-corrected chi connectivity index (χ1v) is 1.54. The maximum atomic E-state index is 9.43. The quantitative estimate of drug-likeness (QED) is 0.331. The third-order valence-electron chi connectivity index (χ3n) is 0.135. The van der Waals surface area contributed by atoms with E-state index in [0.717, 1.165) is 0 Å². The summed E-state index contributed by atoms with van der Waals surface area (Å²) in [6.07, 6.45) is 0. The number of hydrogen-bond acceptors (Lipinski definition) is 2. The Morgan fingerprint density at radius 2 is 1.56 bits per heavy atom. The van der Waals surface area contributed by atoms with Crippen LogP contribution in [0.4, 0.5) is 0 Å². The fourth-order valence-corrected chi connectivity index (χ4v) is 0. The molecule has 7 heteroatoms. The van der Waals surface area contributed by atoms with E-state index >= 15 is 0 Å². The minimum atomic E-state index is -0.495. The van der Waals surface area contributed by atoms with E-state index < -0.39 is 11.7 Å². The summed E-state index contributed by atoms with van der Waals surface area (Å²) in [5.41, 5.74) is 0. The third-order valence-corrected chi connectivity index (χ3v) is 0.277. The summed E-state index contributed by atoms with van der Waals surface area (Å²) in [6, 6.07) is 0. The van der Waals surface area contributed by atoms with Gasteiger partial charge in [0.25, 0.3) is 0 Å². The number of aliphatic hydroxyl groups excluding tert-OH is 1. The molecule has 0 amide bonds. The molecule has 0 bridgehead atoms. The zero-order chi connectivity index (χ0) is 4.28. The van der Waals surface area contributed by atoms with Crippen molar-refractivity contribution in [2.75, 3.05) is 6.61 Å². The monoisotopic (exact) mass is 188 g/mol. The molecule has 0 aromatic rings. The maximum Gasteiger partial charge on any atom is 2.00 e. The second-order valence-corrected chi connectivity index (χ2v) is 1.05. The predicted octanol–water partition coefficient (Wildman–Crippen LogP) is -3.19. The normalized spacial score (nSPS) is 4.22. The Labute approximate surface area is 90.7 Å². The summed E-state index contributed by atoms with van der Waals surface area (Å²) < 4.78 is 0. The van der Waals surface area contributed by atoms with Crippen LogP contribution in [-0.2, 0) is 4.79 Å². The van der Waals surface area contributed by atoms with Gasteiger partial charge in [-0.2, -0.15) is 0 Å². The largest absolute Gasteiger partial charge is 2.00 e. The van der Waals surface area contributed by atoms with Crippen LogP contribution in [0.25, 0.3) is 0 Å². The van der Waals surface area contributed by atoms with Crippen molar-refractivity contribution < 1.29 is 29.2 Å². The van der Waals surface area contributed by atoms with Crippen LogP contribution in [0, 0.1) is 0 Å². The molecule has 9 heavy (non-hydrogen) atoms. The molecule has 0 aliphatic rings. The summed E-state index contributed by atoms with van der Waals surface area (Å²) in [5, 5.41) is 7.22. The molecule has 7 N–H and O–H groups in total. The second kappa shape index (κ2) is 22.9. The molecule has 0 aromatic heterocycles. The molecule has 0 aromatic carbocycles. The van der Waals surface area contributed by atoms with E-state index in [9.17, 15) is 4.79 Å². The van der Waals surface area contributed by atoms with E-state index in [1.165, 1.54) is 0 Å². The SMILES string of the molecule is O.O.O.O=C(S)CO.[Ca+2].[H-].[H-]. The first-order valence-electron chi connectivity index (χ1n) is 1.10. The Kier molecular flexibility index (Phi) is 81.8. The van der Waals surface area contributed by atoms with Crippen LogP contribution in [0.2, 0.25) is 0 Å². The Hall–Kier alpha value is 1.12. The van der Waals surface area contributed by atoms with Gasteiger partial charge in [0.15, 0.2) is 0 Å². The summed E-state index contributed by atoms with van der Waals surface area (Å²) in [6.45, 7) is -0.469. The zero-order valence-electron chi connectivity index (χ0n) is 6.72. The van der Waals surface area contributed by atoms with E-state index in [0.29, 0.717) is 0 Å². The Morgan fingerprint density at radius 1 is 1.44 bits per heavy atom. The van der Waals surface area contributed by atoms with E-state index in [-0.39, 0.29) is 57.0 Å². The van der Waals surface area contributed by atoms with Gasteiger partial charge in [-0.25, -0.2) is 0 Å². The van der Waals surface area contributed by atoms with Gasteiger partial charge >= 0.3 is 37.7 Å². The van der Waals surface area contributed by atoms with Gasteiger partial charge in [-0.05, 0) is 0 Å². The first kappa shape index (κ1) is 32.1. The van der Waals surface area contributed by atoms with E-state index in [1.54, 1.807) is 0 Å². The molecule has 0 radical (unpaired) electrons. The molecule has 0 unspecified atom stereocenters. The van der Waals surface area contributed by atoms with Gasteiger partial charge in [0.2, 0.25) is 5.12 Å². The molecular formula is C2H12CaO5S. The number of hydrogen-bond donors (Lipinski definition) is 2. The second-order valence-electron chi connectivity index (χ2n) is 0.552. The van der Waals surface area contributed by atoms with Crippen molar-refractivity contribution in [2.45, 2.75) is 0 Å². The third kappa shape index (κ3) is 47.5. The molecule has 0 heterocycles. The van der Waals surface area contributed by atoms with Crippen LogP contribution < -0.4 is 0 Å². The average molecular weight is 188 g/mol. The van der Waals surface area contributed by atoms with Gasteiger partial charge in [0.05, 0.1) is 0 Å². The molecule has 0 atom stereocenters. The molecule has 58 valence electrons. The van der Waals surface area contributed by atoms with Crippen LogP contribution in [0.15, 0.2) is 0 Å². The minimum absolute atomic E-state index is 0. The van der Waals surface area contributed by atoms with Crippen LogP contribution in [0.3, 0.4) is 0 Å². The topological polar surface area (TPSA) is 132 Å². The Bertz CT molecular complexity index is 57.7. The molecule has 0 spiro atoms. The zero-order valence-corrected chi connectivity index (χ0v) is 7.82. The van der Waals surface area contributed by atoms with Crippen LogP contribution in [0.1, 0.15) is 2.85 Å². The summed E-state index contributed by atoms with van der Waals surface area (Å²) in [4.78, 5) is 9.43. The molecule has 0 fully saturated rings. The molecule has 0 rings (SSSR count). The number of rotatable bonds is 1. The molecule has 0 aliphatic heterocycles.